The molecule has 0 radical (unpaired) electrons. The van der Waals surface area contributed by atoms with Gasteiger partial charge in [0.05, 0.1) is 0 Å². The standard InChI is InChI=1S/C25H21N3O2/c1-17-3-7-19(8-4-17)24-26-16-15-23(28-24)30-22-13-9-20(10-14-22)25(29)27-21-11-5-18(2)6-12-21/h3-16H,1-2H3,(H,27,29). The van der Waals surface area contributed by atoms with Crippen LogP contribution in [-0.4, -0.2) is 15.9 Å². The molecular weight excluding hydrogens is 374 g/mol. The zero-order valence-corrected chi connectivity index (χ0v) is 16.8. The number of anilines is 1. The number of carbonyl (C=O) groups is 1. The van der Waals surface area contributed by atoms with Gasteiger partial charge in [-0.3, -0.25) is 4.79 Å². The van der Waals surface area contributed by atoms with E-state index in [9.17, 15) is 4.79 Å². The Morgan fingerprint density at radius 3 is 2.10 bits per heavy atom. The largest absolute Gasteiger partial charge is 0.439 e. The minimum Gasteiger partial charge on any atom is -0.439 e. The molecule has 0 unspecified atom stereocenters. The maximum absolute atomic E-state index is 12.4. The average Bonchev–Trinajstić information content (AvgIpc) is 2.76. The molecule has 148 valence electrons. The molecule has 0 atom stereocenters. The van der Waals surface area contributed by atoms with Crippen molar-refractivity contribution in [1.82, 2.24) is 9.97 Å². The summed E-state index contributed by atoms with van der Waals surface area (Å²) in [7, 11) is 0. The number of hydrogen-bond donors (Lipinski definition) is 1. The van der Waals surface area contributed by atoms with E-state index in [1.54, 1.807) is 36.5 Å². The number of nitrogens with one attached hydrogen (secondary N) is 1. The first kappa shape index (κ1) is 19.3. The molecule has 0 aliphatic heterocycles. The second-order valence-corrected chi connectivity index (χ2v) is 7.03. The summed E-state index contributed by atoms with van der Waals surface area (Å²) in [5.74, 6) is 1.46. The molecule has 4 aromatic rings. The smallest absolute Gasteiger partial charge is 0.255 e. The van der Waals surface area contributed by atoms with E-state index >= 15 is 0 Å². The van der Waals surface area contributed by atoms with Crippen LogP contribution in [0.2, 0.25) is 0 Å². The third kappa shape index (κ3) is 4.70. The molecule has 0 saturated carbocycles. The summed E-state index contributed by atoms with van der Waals surface area (Å²) in [5, 5.41) is 2.88. The van der Waals surface area contributed by atoms with Crippen molar-refractivity contribution in [1.29, 1.82) is 0 Å². The molecule has 0 bridgehead atoms. The predicted molar refractivity (Wildman–Crippen MR) is 118 cm³/mol. The number of ether oxygens (including phenoxy) is 1. The lowest BCUT2D eigenvalue weighted by Gasteiger charge is -2.08. The van der Waals surface area contributed by atoms with Crippen molar-refractivity contribution in [2.24, 2.45) is 0 Å². The summed E-state index contributed by atoms with van der Waals surface area (Å²) >= 11 is 0. The summed E-state index contributed by atoms with van der Waals surface area (Å²) in [6.07, 6.45) is 1.67. The van der Waals surface area contributed by atoms with Crippen LogP contribution in [0.3, 0.4) is 0 Å². The van der Waals surface area contributed by atoms with E-state index in [-0.39, 0.29) is 5.91 Å². The molecule has 5 heteroatoms. The van der Waals surface area contributed by atoms with Crippen LogP contribution in [-0.2, 0) is 0 Å². The van der Waals surface area contributed by atoms with Crippen molar-refractivity contribution in [2.45, 2.75) is 13.8 Å². The fourth-order valence-corrected chi connectivity index (χ4v) is 2.88. The Balaban J connectivity index is 1.44. The minimum absolute atomic E-state index is 0.172. The fourth-order valence-electron chi connectivity index (χ4n) is 2.88. The Kier molecular flexibility index (Phi) is 5.52. The Morgan fingerprint density at radius 1 is 0.800 bits per heavy atom. The van der Waals surface area contributed by atoms with Crippen molar-refractivity contribution in [2.75, 3.05) is 5.32 Å². The zero-order chi connectivity index (χ0) is 20.9. The summed E-state index contributed by atoms with van der Waals surface area (Å²) in [5.41, 5.74) is 4.55. The predicted octanol–water partition coefficient (Wildman–Crippen LogP) is 5.81. The van der Waals surface area contributed by atoms with Gasteiger partial charge in [0.1, 0.15) is 5.75 Å². The van der Waals surface area contributed by atoms with Crippen LogP contribution in [0.25, 0.3) is 11.4 Å². The molecule has 0 aliphatic carbocycles. The van der Waals surface area contributed by atoms with E-state index < -0.39 is 0 Å². The average molecular weight is 395 g/mol. The molecule has 0 fully saturated rings. The molecule has 1 amide bonds. The molecule has 30 heavy (non-hydrogen) atoms. The molecule has 5 nitrogen and oxygen atoms in total. The van der Waals surface area contributed by atoms with Crippen molar-refractivity contribution < 1.29 is 9.53 Å². The van der Waals surface area contributed by atoms with E-state index in [1.807, 2.05) is 62.4 Å². The van der Waals surface area contributed by atoms with Gasteiger partial charge >= 0.3 is 0 Å². The van der Waals surface area contributed by atoms with E-state index in [1.165, 1.54) is 5.56 Å². The van der Waals surface area contributed by atoms with Gasteiger partial charge < -0.3 is 10.1 Å². The number of aromatic nitrogens is 2. The third-order valence-electron chi connectivity index (χ3n) is 4.59. The maximum atomic E-state index is 12.4. The molecule has 4 rings (SSSR count). The second-order valence-electron chi connectivity index (χ2n) is 7.03. The van der Waals surface area contributed by atoms with E-state index in [0.29, 0.717) is 23.0 Å². The van der Waals surface area contributed by atoms with Crippen molar-refractivity contribution in [3.63, 3.8) is 0 Å². The SMILES string of the molecule is Cc1ccc(NC(=O)c2ccc(Oc3ccnc(-c4ccc(C)cc4)n3)cc2)cc1. The molecular formula is C25H21N3O2. The van der Waals surface area contributed by atoms with Crippen LogP contribution in [0.1, 0.15) is 21.5 Å². The number of carbonyl (C=O) groups excluding carboxylic acids is 1. The van der Waals surface area contributed by atoms with Gasteiger partial charge in [-0.15, -0.1) is 0 Å². The number of hydrogen-bond acceptors (Lipinski definition) is 4. The molecule has 1 N–H and O–H groups in total. The first-order valence-corrected chi connectivity index (χ1v) is 9.63. The van der Waals surface area contributed by atoms with Crippen molar-refractivity contribution in [3.05, 3.63) is 102 Å². The molecule has 0 saturated heterocycles. The summed E-state index contributed by atoms with van der Waals surface area (Å²) in [6.45, 7) is 4.04. The topological polar surface area (TPSA) is 64.1 Å². The number of nitrogens with zero attached hydrogens (tertiary/aromatic N) is 2. The lowest BCUT2D eigenvalue weighted by atomic mass is 10.1. The highest BCUT2D eigenvalue weighted by Gasteiger charge is 2.08. The van der Waals surface area contributed by atoms with E-state index in [4.69, 9.17) is 4.74 Å². The van der Waals surface area contributed by atoms with Crippen LogP contribution >= 0.6 is 0 Å². The highest BCUT2D eigenvalue weighted by Crippen LogP contribution is 2.23. The number of aryl methyl sites for hydroxylation is 2. The Hall–Kier alpha value is -3.99. The number of rotatable bonds is 5. The normalized spacial score (nSPS) is 10.5. The molecule has 0 spiro atoms. The van der Waals surface area contributed by atoms with Crippen LogP contribution in [0, 0.1) is 13.8 Å². The lowest BCUT2D eigenvalue weighted by Crippen LogP contribution is -2.11. The molecule has 3 aromatic carbocycles. The Bertz CT molecular complexity index is 1150. The van der Waals surface area contributed by atoms with Crippen molar-refractivity contribution >= 4 is 11.6 Å². The highest BCUT2D eigenvalue weighted by atomic mass is 16.5. The van der Waals surface area contributed by atoms with Crippen LogP contribution in [0.4, 0.5) is 5.69 Å². The minimum atomic E-state index is -0.172. The van der Waals surface area contributed by atoms with Gasteiger partial charge in [-0.05, 0) is 50.2 Å². The fraction of sp³-hybridized carbons (Fsp3) is 0.0800. The van der Waals surface area contributed by atoms with Gasteiger partial charge in [0, 0.05) is 29.1 Å². The Labute approximate surface area is 175 Å². The van der Waals surface area contributed by atoms with Gasteiger partial charge in [0.15, 0.2) is 5.82 Å². The zero-order valence-electron chi connectivity index (χ0n) is 16.8. The van der Waals surface area contributed by atoms with Gasteiger partial charge in [0.2, 0.25) is 5.88 Å². The quantitative estimate of drug-likeness (QED) is 0.463. The first-order chi connectivity index (χ1) is 14.6. The molecule has 0 aliphatic rings. The monoisotopic (exact) mass is 395 g/mol. The summed E-state index contributed by atoms with van der Waals surface area (Å²) < 4.78 is 5.85. The lowest BCUT2D eigenvalue weighted by molar-refractivity contribution is 0.102. The van der Waals surface area contributed by atoms with Gasteiger partial charge in [-0.25, -0.2) is 4.98 Å². The Morgan fingerprint density at radius 2 is 1.43 bits per heavy atom. The summed E-state index contributed by atoms with van der Waals surface area (Å²) in [4.78, 5) is 21.2. The van der Waals surface area contributed by atoms with Crippen molar-refractivity contribution in [3.8, 4) is 23.0 Å². The van der Waals surface area contributed by atoms with Crippen LogP contribution < -0.4 is 10.1 Å². The van der Waals surface area contributed by atoms with Gasteiger partial charge in [-0.1, -0.05) is 47.5 Å². The van der Waals surface area contributed by atoms with Gasteiger partial charge in [0.25, 0.3) is 5.91 Å². The summed E-state index contributed by atoms with van der Waals surface area (Å²) in [6, 6.07) is 24.3. The number of amides is 1. The second kappa shape index (κ2) is 8.57. The van der Waals surface area contributed by atoms with E-state index in [2.05, 4.69) is 15.3 Å². The maximum Gasteiger partial charge on any atom is 0.255 e. The van der Waals surface area contributed by atoms with Crippen LogP contribution in [0.5, 0.6) is 11.6 Å². The molecule has 1 heterocycles. The number of benzene rings is 3. The van der Waals surface area contributed by atoms with Crippen LogP contribution in [0.15, 0.2) is 85.1 Å². The molecule has 1 aromatic heterocycles. The first-order valence-electron chi connectivity index (χ1n) is 9.63. The van der Waals surface area contributed by atoms with Gasteiger partial charge in [-0.2, -0.15) is 4.98 Å². The highest BCUT2D eigenvalue weighted by molar-refractivity contribution is 6.04. The third-order valence-corrected chi connectivity index (χ3v) is 4.59. The van der Waals surface area contributed by atoms with E-state index in [0.717, 1.165) is 16.8 Å².